The van der Waals surface area contributed by atoms with Gasteiger partial charge in [-0.1, -0.05) is 0 Å². The fourth-order valence-electron chi connectivity index (χ4n) is 1.70. The van der Waals surface area contributed by atoms with Crippen molar-refractivity contribution in [2.45, 2.75) is 17.6 Å². The van der Waals surface area contributed by atoms with Crippen LogP contribution in [0, 0.1) is 29.1 Å². The molecule has 0 aliphatic carbocycles. The fraction of sp³-hybridized carbons (Fsp3) is 0.154. The van der Waals surface area contributed by atoms with Crippen LogP contribution in [0.15, 0.2) is 23.4 Å². The van der Waals surface area contributed by atoms with Crippen LogP contribution in [-0.4, -0.2) is 4.98 Å². The van der Waals surface area contributed by atoms with Crippen LogP contribution in [0.1, 0.15) is 11.1 Å². The Morgan fingerprint density at radius 2 is 1.46 bits per heavy atom. The number of nitrogens with one attached hydrogen (secondary N) is 1. The third kappa shape index (κ3) is 3.61. The number of hydrogen-bond donors (Lipinski definition) is 1. The smallest absolute Gasteiger partial charge is 0.264 e. The van der Waals surface area contributed by atoms with Crippen LogP contribution in [0.4, 0.5) is 35.1 Å². The molecule has 0 aliphatic rings. The van der Waals surface area contributed by atoms with Crippen LogP contribution >= 0.6 is 11.9 Å². The summed E-state index contributed by atoms with van der Waals surface area (Å²) in [6, 6.07) is 0.695. The van der Waals surface area contributed by atoms with E-state index in [0.29, 0.717) is 6.07 Å². The molecule has 0 amide bonds. The van der Waals surface area contributed by atoms with E-state index in [0.717, 1.165) is 12.4 Å². The predicted octanol–water partition coefficient (Wildman–Crippen LogP) is 4.59. The minimum absolute atomic E-state index is 0.0169. The number of aromatic nitrogens is 1. The largest absolute Gasteiger partial charge is 0.416 e. The van der Waals surface area contributed by atoms with Crippen LogP contribution in [0.25, 0.3) is 0 Å². The highest BCUT2D eigenvalue weighted by Gasteiger charge is 2.33. The van der Waals surface area contributed by atoms with E-state index >= 15 is 0 Å². The standard InChI is InChI=1S/C13H6F8N2S/c14-7-8(15)10(17)12(11(18)9(7)16)24-23-4-5-3-22-2-1-6(5)13(19,20)21/h1-3,23H,4H2. The Balaban J connectivity index is 2.20. The molecule has 130 valence electrons. The lowest BCUT2D eigenvalue weighted by Crippen LogP contribution is -2.14. The van der Waals surface area contributed by atoms with E-state index in [1.54, 1.807) is 0 Å². The van der Waals surface area contributed by atoms with Crippen molar-refractivity contribution in [3.05, 3.63) is 58.7 Å². The Labute approximate surface area is 134 Å². The van der Waals surface area contributed by atoms with Crippen LogP contribution in [0.3, 0.4) is 0 Å². The van der Waals surface area contributed by atoms with E-state index in [1.165, 1.54) is 0 Å². The van der Waals surface area contributed by atoms with Gasteiger partial charge in [-0.15, -0.1) is 0 Å². The molecule has 0 saturated carbocycles. The van der Waals surface area contributed by atoms with E-state index in [-0.39, 0.29) is 17.5 Å². The summed E-state index contributed by atoms with van der Waals surface area (Å²) in [6.45, 7) is -0.577. The molecule has 0 bridgehead atoms. The molecule has 0 saturated heterocycles. The maximum absolute atomic E-state index is 13.4. The number of benzene rings is 1. The summed E-state index contributed by atoms with van der Waals surface area (Å²) in [5.74, 6) is -10.8. The lowest BCUT2D eigenvalue weighted by Gasteiger charge is -2.13. The zero-order valence-electron chi connectivity index (χ0n) is 11.3. The number of hydrogen-bond acceptors (Lipinski definition) is 3. The van der Waals surface area contributed by atoms with Gasteiger partial charge in [0.25, 0.3) is 0 Å². The SMILES string of the molecule is Fc1c(F)c(F)c(SNCc2cnccc2C(F)(F)F)c(F)c1F. The second-order valence-electron chi connectivity index (χ2n) is 4.35. The van der Waals surface area contributed by atoms with Crippen LogP contribution in [0.2, 0.25) is 0 Å². The molecule has 2 rings (SSSR count). The Kier molecular flexibility index (Phi) is 5.33. The zero-order valence-corrected chi connectivity index (χ0v) is 12.1. The molecular weight excluding hydrogens is 368 g/mol. The van der Waals surface area contributed by atoms with E-state index in [9.17, 15) is 35.1 Å². The number of alkyl halides is 3. The highest BCUT2D eigenvalue weighted by Crippen LogP contribution is 2.33. The van der Waals surface area contributed by atoms with Gasteiger partial charge in [-0.25, -0.2) is 22.0 Å². The number of pyridine rings is 1. The van der Waals surface area contributed by atoms with Gasteiger partial charge in [-0.05, 0) is 23.6 Å². The Morgan fingerprint density at radius 3 is 2.00 bits per heavy atom. The van der Waals surface area contributed by atoms with Gasteiger partial charge in [-0.3, -0.25) is 9.71 Å². The molecule has 0 aliphatic heterocycles. The topological polar surface area (TPSA) is 24.9 Å². The summed E-state index contributed by atoms with van der Waals surface area (Å²) in [7, 11) is 0. The Hall–Kier alpha value is -1.88. The van der Waals surface area contributed by atoms with Crippen molar-refractivity contribution >= 4 is 11.9 Å². The number of nitrogens with zero attached hydrogens (tertiary/aromatic N) is 1. The van der Waals surface area contributed by atoms with Crippen LogP contribution < -0.4 is 4.72 Å². The van der Waals surface area contributed by atoms with Crippen LogP contribution in [0.5, 0.6) is 0 Å². The molecule has 1 N–H and O–H groups in total. The average Bonchev–Trinajstić information content (AvgIpc) is 2.54. The van der Waals surface area contributed by atoms with Crippen LogP contribution in [-0.2, 0) is 12.7 Å². The van der Waals surface area contributed by atoms with Crippen molar-refractivity contribution in [1.82, 2.24) is 9.71 Å². The Morgan fingerprint density at radius 1 is 0.917 bits per heavy atom. The summed E-state index contributed by atoms with van der Waals surface area (Å²) in [5, 5.41) is 0. The zero-order chi connectivity index (χ0) is 18.1. The highest BCUT2D eigenvalue weighted by atomic mass is 32.2. The fourth-order valence-corrected chi connectivity index (χ4v) is 2.44. The van der Waals surface area contributed by atoms with Crippen molar-refractivity contribution in [3.8, 4) is 0 Å². The second-order valence-corrected chi connectivity index (χ2v) is 5.25. The van der Waals surface area contributed by atoms with E-state index in [4.69, 9.17) is 0 Å². The average molecular weight is 374 g/mol. The molecule has 1 heterocycles. The molecule has 1 aromatic heterocycles. The predicted molar refractivity (Wildman–Crippen MR) is 68.2 cm³/mol. The van der Waals surface area contributed by atoms with E-state index in [1.807, 2.05) is 0 Å². The summed E-state index contributed by atoms with van der Waals surface area (Å²) in [6.07, 6.45) is -2.91. The van der Waals surface area contributed by atoms with E-state index in [2.05, 4.69) is 9.71 Å². The molecule has 11 heteroatoms. The number of halogens is 8. The number of rotatable bonds is 4. The molecule has 2 aromatic rings. The lowest BCUT2D eigenvalue weighted by molar-refractivity contribution is -0.138. The van der Waals surface area contributed by atoms with Gasteiger partial charge in [0.1, 0.15) is 4.90 Å². The van der Waals surface area contributed by atoms with Gasteiger partial charge < -0.3 is 0 Å². The van der Waals surface area contributed by atoms with Crippen molar-refractivity contribution in [2.24, 2.45) is 0 Å². The normalized spacial score (nSPS) is 11.8. The molecule has 0 unspecified atom stereocenters. The molecule has 0 fully saturated rings. The summed E-state index contributed by atoms with van der Waals surface area (Å²) >= 11 is -0.0169. The third-order valence-corrected chi connectivity index (χ3v) is 3.67. The summed E-state index contributed by atoms with van der Waals surface area (Å²) < 4.78 is 106. The van der Waals surface area contributed by atoms with Crippen molar-refractivity contribution < 1.29 is 35.1 Å². The van der Waals surface area contributed by atoms with Gasteiger partial charge in [0.05, 0.1) is 5.56 Å². The third-order valence-electron chi connectivity index (χ3n) is 2.82. The minimum Gasteiger partial charge on any atom is -0.264 e. The summed E-state index contributed by atoms with van der Waals surface area (Å²) in [4.78, 5) is 2.25. The summed E-state index contributed by atoms with van der Waals surface area (Å²) in [5.41, 5.74) is -1.40. The van der Waals surface area contributed by atoms with E-state index < -0.39 is 52.3 Å². The molecule has 0 atom stereocenters. The first kappa shape index (κ1) is 18.5. The van der Waals surface area contributed by atoms with Crippen molar-refractivity contribution in [2.75, 3.05) is 0 Å². The minimum atomic E-state index is -4.69. The van der Waals surface area contributed by atoms with Gasteiger partial charge in [0, 0.05) is 18.9 Å². The molecule has 24 heavy (non-hydrogen) atoms. The first-order valence-corrected chi connectivity index (χ1v) is 6.87. The molecule has 2 nitrogen and oxygen atoms in total. The lowest BCUT2D eigenvalue weighted by atomic mass is 10.1. The first-order chi connectivity index (χ1) is 11.1. The monoisotopic (exact) mass is 374 g/mol. The maximum atomic E-state index is 13.4. The molecular formula is C13H6F8N2S. The first-order valence-electron chi connectivity index (χ1n) is 6.05. The van der Waals surface area contributed by atoms with Gasteiger partial charge in [-0.2, -0.15) is 13.2 Å². The Bertz CT molecular complexity index is 733. The van der Waals surface area contributed by atoms with Gasteiger partial charge in [0.15, 0.2) is 23.3 Å². The highest BCUT2D eigenvalue weighted by molar-refractivity contribution is 7.97. The second kappa shape index (κ2) is 6.93. The maximum Gasteiger partial charge on any atom is 0.416 e. The quantitative estimate of drug-likeness (QED) is 0.367. The molecule has 0 radical (unpaired) electrons. The van der Waals surface area contributed by atoms with Crippen molar-refractivity contribution in [1.29, 1.82) is 0 Å². The molecule has 1 aromatic carbocycles. The molecule has 0 spiro atoms. The van der Waals surface area contributed by atoms with Gasteiger partial charge in [0.2, 0.25) is 5.82 Å². The van der Waals surface area contributed by atoms with Gasteiger partial charge >= 0.3 is 6.18 Å². The van der Waals surface area contributed by atoms with Crippen molar-refractivity contribution in [3.63, 3.8) is 0 Å².